The Balaban J connectivity index is 2.06. The fourth-order valence-electron chi connectivity index (χ4n) is 1.03. The lowest BCUT2D eigenvalue weighted by Gasteiger charge is -1.89. The van der Waals surface area contributed by atoms with E-state index in [2.05, 4.69) is 9.97 Å². The van der Waals surface area contributed by atoms with E-state index in [9.17, 15) is 14.9 Å². The number of carboxylic acids is 1. The Morgan fingerprint density at radius 3 is 2.94 bits per heavy atom. The molecular weight excluding hydrogens is 298 g/mol. The topological polar surface area (TPSA) is 106 Å². The van der Waals surface area contributed by atoms with Gasteiger partial charge < -0.3 is 5.11 Å². The Morgan fingerprint density at radius 1 is 1.56 bits per heavy atom. The second kappa shape index (κ2) is 5.42. The number of rotatable bonds is 5. The minimum atomic E-state index is -0.943. The molecule has 0 atom stereocenters. The highest BCUT2D eigenvalue weighted by molar-refractivity contribution is 8.02. The highest BCUT2D eigenvalue weighted by Gasteiger charge is 2.14. The van der Waals surface area contributed by atoms with Crippen molar-refractivity contribution in [2.24, 2.45) is 0 Å². The predicted molar refractivity (Wildman–Crippen MR) is 66.3 cm³/mol. The molecule has 1 N–H and O–H groups in total. The van der Waals surface area contributed by atoms with Crippen LogP contribution < -0.4 is 0 Å². The number of nitro groups is 1. The van der Waals surface area contributed by atoms with E-state index in [0.29, 0.717) is 14.4 Å². The van der Waals surface area contributed by atoms with Crippen LogP contribution in [0.4, 0.5) is 5.00 Å². The highest BCUT2D eigenvalue weighted by atomic mass is 32.2. The van der Waals surface area contributed by atoms with Crippen molar-refractivity contribution in [3.63, 3.8) is 0 Å². The van der Waals surface area contributed by atoms with Crippen LogP contribution in [0.1, 0.15) is 5.69 Å². The molecule has 10 heteroatoms. The number of thiazole rings is 2. The van der Waals surface area contributed by atoms with Crippen molar-refractivity contribution in [2.75, 3.05) is 0 Å². The molecule has 18 heavy (non-hydrogen) atoms. The lowest BCUT2D eigenvalue weighted by Crippen LogP contribution is -1.99. The van der Waals surface area contributed by atoms with E-state index in [1.54, 1.807) is 5.38 Å². The van der Waals surface area contributed by atoms with Crippen LogP contribution in [-0.4, -0.2) is 26.0 Å². The minimum absolute atomic E-state index is 0.0279. The second-order valence-corrected chi connectivity index (χ2v) is 6.36. The molecule has 0 aromatic carbocycles. The van der Waals surface area contributed by atoms with Crippen molar-refractivity contribution in [2.45, 2.75) is 15.1 Å². The number of aliphatic carboxylic acids is 1. The van der Waals surface area contributed by atoms with Gasteiger partial charge in [0, 0.05) is 5.38 Å². The van der Waals surface area contributed by atoms with Gasteiger partial charge in [0.1, 0.15) is 6.20 Å². The Kier molecular flexibility index (Phi) is 3.89. The maximum absolute atomic E-state index is 10.5. The van der Waals surface area contributed by atoms with Crippen LogP contribution in [0.25, 0.3) is 0 Å². The Bertz CT molecular complexity index is 594. The summed E-state index contributed by atoms with van der Waals surface area (Å²) in [6.45, 7) is 0. The van der Waals surface area contributed by atoms with Gasteiger partial charge in [-0.2, -0.15) is 0 Å². The molecular formula is C8H5N3O4S3. The van der Waals surface area contributed by atoms with Crippen LogP contribution in [0.3, 0.4) is 0 Å². The largest absolute Gasteiger partial charge is 0.481 e. The molecule has 0 aliphatic rings. The maximum atomic E-state index is 10.5. The zero-order valence-corrected chi connectivity index (χ0v) is 11.0. The fourth-order valence-corrected chi connectivity index (χ4v) is 3.84. The molecule has 7 nitrogen and oxygen atoms in total. The van der Waals surface area contributed by atoms with E-state index in [1.165, 1.54) is 29.3 Å². The van der Waals surface area contributed by atoms with Crippen LogP contribution in [0.5, 0.6) is 0 Å². The smallest absolute Gasteiger partial charge is 0.344 e. The highest BCUT2D eigenvalue weighted by Crippen LogP contribution is 2.35. The normalized spacial score (nSPS) is 10.4. The first-order valence-electron chi connectivity index (χ1n) is 4.49. The van der Waals surface area contributed by atoms with Gasteiger partial charge >= 0.3 is 11.0 Å². The van der Waals surface area contributed by atoms with Gasteiger partial charge in [-0.3, -0.25) is 14.9 Å². The molecule has 2 heterocycles. The standard InChI is InChI=1S/C8H5N3O4S3/c12-6(13)1-4-3-16-8(10-4)18-7-9-2-5(17-7)11(14)15/h2-3H,1H2,(H,12,13). The van der Waals surface area contributed by atoms with E-state index in [4.69, 9.17) is 5.11 Å². The zero-order valence-electron chi connectivity index (χ0n) is 8.60. The molecule has 0 radical (unpaired) electrons. The molecule has 0 unspecified atom stereocenters. The molecule has 0 fully saturated rings. The number of carboxylic acid groups (broad SMARTS) is 1. The first-order valence-corrected chi connectivity index (χ1v) is 7.00. The summed E-state index contributed by atoms with van der Waals surface area (Å²) in [4.78, 5) is 28.5. The van der Waals surface area contributed by atoms with Crippen molar-refractivity contribution in [3.8, 4) is 0 Å². The molecule has 0 saturated heterocycles. The van der Waals surface area contributed by atoms with Crippen molar-refractivity contribution in [3.05, 3.63) is 27.4 Å². The lowest BCUT2D eigenvalue weighted by atomic mass is 10.3. The lowest BCUT2D eigenvalue weighted by molar-refractivity contribution is -0.380. The summed E-state index contributed by atoms with van der Waals surface area (Å²) in [5.74, 6) is -0.943. The summed E-state index contributed by atoms with van der Waals surface area (Å²) in [5, 5.41) is 20.7. The van der Waals surface area contributed by atoms with Crippen molar-refractivity contribution in [1.29, 1.82) is 0 Å². The first kappa shape index (κ1) is 12.9. The monoisotopic (exact) mass is 303 g/mol. The van der Waals surface area contributed by atoms with Crippen molar-refractivity contribution < 1.29 is 14.8 Å². The molecule has 2 rings (SSSR count). The number of hydrogen-bond donors (Lipinski definition) is 1. The molecule has 0 saturated carbocycles. The maximum Gasteiger partial charge on any atom is 0.344 e. The number of hydrogen-bond acceptors (Lipinski definition) is 8. The third-order valence-electron chi connectivity index (χ3n) is 1.69. The second-order valence-electron chi connectivity index (χ2n) is 3.00. The SMILES string of the molecule is O=C(O)Cc1csc(Sc2ncc([N+](=O)[O-])s2)n1. The van der Waals surface area contributed by atoms with Crippen LogP contribution in [0, 0.1) is 10.1 Å². The minimum Gasteiger partial charge on any atom is -0.481 e. The molecule has 0 bridgehead atoms. The van der Waals surface area contributed by atoms with E-state index in [-0.39, 0.29) is 11.4 Å². The molecule has 0 aliphatic carbocycles. The summed E-state index contributed by atoms with van der Waals surface area (Å²) in [5.41, 5.74) is 0.473. The van der Waals surface area contributed by atoms with Crippen molar-refractivity contribution in [1.82, 2.24) is 9.97 Å². The van der Waals surface area contributed by atoms with Crippen molar-refractivity contribution >= 4 is 45.4 Å². The van der Waals surface area contributed by atoms with Gasteiger partial charge in [-0.15, -0.1) is 11.3 Å². The summed E-state index contributed by atoms with van der Waals surface area (Å²) in [7, 11) is 0. The van der Waals surface area contributed by atoms with E-state index in [0.717, 1.165) is 11.3 Å². The molecule has 0 spiro atoms. The van der Waals surface area contributed by atoms with Gasteiger partial charge in [-0.25, -0.2) is 9.97 Å². The van der Waals surface area contributed by atoms with Gasteiger partial charge in [0.25, 0.3) is 0 Å². The molecule has 2 aromatic rings. The van der Waals surface area contributed by atoms with Gasteiger partial charge in [-0.05, 0) is 23.1 Å². The quantitative estimate of drug-likeness (QED) is 0.667. The van der Waals surface area contributed by atoms with E-state index < -0.39 is 10.9 Å². The van der Waals surface area contributed by atoms with Crippen LogP contribution in [0.2, 0.25) is 0 Å². The summed E-state index contributed by atoms with van der Waals surface area (Å²) >= 11 is 3.44. The zero-order chi connectivity index (χ0) is 13.1. The number of aromatic nitrogens is 2. The number of nitrogens with zero attached hydrogens (tertiary/aromatic N) is 3. The number of carbonyl (C=O) groups is 1. The Hall–Kier alpha value is -1.52. The van der Waals surface area contributed by atoms with Gasteiger partial charge in [0.15, 0.2) is 8.68 Å². The average Bonchev–Trinajstić information content (AvgIpc) is 2.88. The predicted octanol–water partition coefficient (Wildman–Crippen LogP) is 2.29. The third-order valence-corrected chi connectivity index (χ3v) is 4.70. The van der Waals surface area contributed by atoms with Gasteiger partial charge in [0.05, 0.1) is 17.0 Å². The molecule has 94 valence electrons. The van der Waals surface area contributed by atoms with Crippen LogP contribution in [-0.2, 0) is 11.2 Å². The fraction of sp³-hybridized carbons (Fsp3) is 0.125. The molecule has 0 aliphatic heterocycles. The summed E-state index contributed by atoms with van der Waals surface area (Å²) < 4.78 is 1.13. The van der Waals surface area contributed by atoms with Gasteiger partial charge in [-0.1, -0.05) is 0 Å². The first-order chi connectivity index (χ1) is 8.54. The summed E-state index contributed by atoms with van der Waals surface area (Å²) in [6, 6.07) is 0. The van der Waals surface area contributed by atoms with Crippen LogP contribution >= 0.6 is 34.4 Å². The third kappa shape index (κ3) is 3.24. The Morgan fingerprint density at radius 2 is 2.33 bits per heavy atom. The molecule has 0 amide bonds. The van der Waals surface area contributed by atoms with Crippen LogP contribution in [0.15, 0.2) is 20.3 Å². The van der Waals surface area contributed by atoms with E-state index in [1.807, 2.05) is 0 Å². The Labute approximate surface area is 113 Å². The summed E-state index contributed by atoms with van der Waals surface area (Å²) in [6.07, 6.45) is 1.06. The van der Waals surface area contributed by atoms with Gasteiger partial charge in [0.2, 0.25) is 0 Å². The average molecular weight is 303 g/mol. The molecule has 2 aromatic heterocycles. The van der Waals surface area contributed by atoms with E-state index >= 15 is 0 Å².